The van der Waals surface area contributed by atoms with Gasteiger partial charge in [0.25, 0.3) is 0 Å². The number of aryl methyl sites for hydroxylation is 1. The molecule has 1 aliphatic heterocycles. The second-order valence-corrected chi connectivity index (χ2v) is 7.00. The number of aromatic nitrogens is 1. The van der Waals surface area contributed by atoms with Crippen molar-refractivity contribution in [3.8, 4) is 0 Å². The molecule has 0 radical (unpaired) electrons. The summed E-state index contributed by atoms with van der Waals surface area (Å²) in [4.78, 5) is 41.6. The Balaban J connectivity index is 2.18. The van der Waals surface area contributed by atoms with Crippen molar-refractivity contribution < 1.29 is 23.9 Å². The van der Waals surface area contributed by atoms with Crippen LogP contribution in [-0.4, -0.2) is 72.0 Å². The number of H-pyrrole nitrogens is 1. The van der Waals surface area contributed by atoms with E-state index in [4.69, 9.17) is 9.47 Å². The number of thioether (sulfide) groups is 1. The number of aromatic amines is 1. The van der Waals surface area contributed by atoms with Crippen LogP contribution >= 0.6 is 11.8 Å². The molecule has 0 unspecified atom stereocenters. The summed E-state index contributed by atoms with van der Waals surface area (Å²) in [5, 5.41) is 0. The predicted octanol–water partition coefficient (Wildman–Crippen LogP) is 1.58. The van der Waals surface area contributed by atoms with Crippen LogP contribution in [-0.2, 0) is 14.3 Å². The molecule has 1 N–H and O–H groups in total. The lowest BCUT2D eigenvalue weighted by Crippen LogP contribution is -2.50. The van der Waals surface area contributed by atoms with Crippen molar-refractivity contribution in [2.45, 2.75) is 26.8 Å². The van der Waals surface area contributed by atoms with Gasteiger partial charge in [0.2, 0.25) is 0 Å². The molecule has 8 heteroatoms. The van der Waals surface area contributed by atoms with Crippen molar-refractivity contribution >= 4 is 29.5 Å². The Kier molecular flexibility index (Phi) is 6.66. The molecule has 1 saturated heterocycles. The number of ether oxygens (including phenoxy) is 2. The number of nitrogens with one attached hydrogen (secondary N) is 1. The minimum absolute atomic E-state index is 0.103. The SMILES string of the molecule is CCOC(=O)[C@H]1CSCCN1CC(=O)c1[nH]c(C)c(C(=O)OC)c1C. The molecular weight excluding hydrogens is 344 g/mol. The molecule has 0 aliphatic carbocycles. The van der Waals surface area contributed by atoms with Crippen molar-refractivity contribution in [3.63, 3.8) is 0 Å². The fourth-order valence-corrected chi connectivity index (χ4v) is 4.08. The number of rotatable bonds is 6. The molecular formula is C17H24N2O5S. The Morgan fingerprint density at radius 2 is 2.04 bits per heavy atom. The average molecular weight is 368 g/mol. The molecule has 0 aromatic carbocycles. The molecule has 25 heavy (non-hydrogen) atoms. The number of Topliss-reactive ketones (excluding diaryl/α,β-unsaturated/α-hetero) is 1. The Bertz CT molecular complexity index is 670. The van der Waals surface area contributed by atoms with Gasteiger partial charge in [0.15, 0.2) is 5.78 Å². The summed E-state index contributed by atoms with van der Waals surface area (Å²) >= 11 is 1.68. The lowest BCUT2D eigenvalue weighted by atomic mass is 10.1. The van der Waals surface area contributed by atoms with E-state index in [0.717, 1.165) is 5.75 Å². The molecule has 0 spiro atoms. The highest BCUT2D eigenvalue weighted by Gasteiger charge is 2.32. The third-order valence-electron chi connectivity index (χ3n) is 4.25. The van der Waals surface area contributed by atoms with E-state index in [0.29, 0.717) is 41.4 Å². The maximum Gasteiger partial charge on any atom is 0.339 e. The van der Waals surface area contributed by atoms with Crippen molar-refractivity contribution in [2.75, 3.05) is 38.3 Å². The minimum Gasteiger partial charge on any atom is -0.465 e. The highest BCUT2D eigenvalue weighted by molar-refractivity contribution is 7.99. The van der Waals surface area contributed by atoms with Crippen molar-refractivity contribution in [2.24, 2.45) is 0 Å². The summed E-state index contributed by atoms with van der Waals surface area (Å²) in [6.45, 7) is 6.28. The van der Waals surface area contributed by atoms with Gasteiger partial charge in [-0.1, -0.05) is 0 Å². The van der Waals surface area contributed by atoms with Crippen LogP contribution < -0.4 is 0 Å². The minimum atomic E-state index is -0.468. The van der Waals surface area contributed by atoms with Crippen molar-refractivity contribution in [1.82, 2.24) is 9.88 Å². The van der Waals surface area contributed by atoms with E-state index in [1.807, 2.05) is 4.90 Å². The van der Waals surface area contributed by atoms with Gasteiger partial charge in [-0.2, -0.15) is 11.8 Å². The van der Waals surface area contributed by atoms with Gasteiger partial charge in [0.1, 0.15) is 6.04 Å². The Labute approximate surface area is 151 Å². The molecule has 1 atom stereocenters. The van der Waals surface area contributed by atoms with Crippen LogP contribution in [0, 0.1) is 13.8 Å². The smallest absolute Gasteiger partial charge is 0.339 e. The summed E-state index contributed by atoms with van der Waals surface area (Å²) in [6.07, 6.45) is 0. The first kappa shape index (κ1) is 19.5. The molecule has 2 heterocycles. The quantitative estimate of drug-likeness (QED) is 0.602. The van der Waals surface area contributed by atoms with Gasteiger partial charge in [-0.25, -0.2) is 4.79 Å². The number of hydrogen-bond acceptors (Lipinski definition) is 7. The molecule has 1 aliphatic rings. The molecule has 7 nitrogen and oxygen atoms in total. The number of esters is 2. The lowest BCUT2D eigenvalue weighted by molar-refractivity contribution is -0.148. The number of hydrogen-bond donors (Lipinski definition) is 1. The average Bonchev–Trinajstić information content (AvgIpc) is 2.89. The largest absolute Gasteiger partial charge is 0.465 e. The first-order valence-electron chi connectivity index (χ1n) is 8.19. The van der Waals surface area contributed by atoms with Crippen LogP contribution in [0.3, 0.4) is 0 Å². The van der Waals surface area contributed by atoms with E-state index in [-0.39, 0.29) is 18.3 Å². The van der Waals surface area contributed by atoms with Crippen LogP contribution in [0.15, 0.2) is 0 Å². The molecule has 0 amide bonds. The zero-order chi connectivity index (χ0) is 18.6. The number of carbonyl (C=O) groups is 3. The van der Waals surface area contributed by atoms with Gasteiger partial charge >= 0.3 is 11.9 Å². The third kappa shape index (κ3) is 4.24. The number of nitrogens with zero attached hydrogens (tertiary/aromatic N) is 1. The van der Waals surface area contributed by atoms with E-state index in [1.54, 1.807) is 32.5 Å². The molecule has 1 fully saturated rings. The summed E-state index contributed by atoms with van der Waals surface area (Å²) in [5.41, 5.74) is 1.96. The van der Waals surface area contributed by atoms with E-state index < -0.39 is 12.0 Å². The first-order chi connectivity index (χ1) is 11.9. The monoisotopic (exact) mass is 368 g/mol. The van der Waals surface area contributed by atoms with Crippen LogP contribution in [0.1, 0.15) is 39.0 Å². The highest BCUT2D eigenvalue weighted by Crippen LogP contribution is 2.22. The molecule has 1 aromatic rings. The van der Waals surface area contributed by atoms with Gasteiger partial charge in [0.05, 0.1) is 31.5 Å². The predicted molar refractivity (Wildman–Crippen MR) is 95.3 cm³/mol. The standard InChI is InChI=1S/C17H24N2O5S/c1-5-24-16(21)12-9-25-7-6-19(12)8-13(20)15-10(2)14(11(3)18-15)17(22)23-4/h12,18H,5-9H2,1-4H3/t12-/m1/s1. The first-order valence-corrected chi connectivity index (χ1v) is 9.35. The van der Waals surface area contributed by atoms with Crippen LogP contribution in [0.2, 0.25) is 0 Å². The molecule has 2 rings (SSSR count). The van der Waals surface area contributed by atoms with Gasteiger partial charge in [-0.05, 0) is 26.3 Å². The van der Waals surface area contributed by atoms with Crippen molar-refractivity contribution in [3.05, 3.63) is 22.5 Å². The summed E-state index contributed by atoms with van der Waals surface area (Å²) < 4.78 is 9.89. The topological polar surface area (TPSA) is 88.7 Å². The number of carbonyl (C=O) groups excluding carboxylic acids is 3. The van der Waals surface area contributed by atoms with Gasteiger partial charge in [-0.15, -0.1) is 0 Å². The van der Waals surface area contributed by atoms with Gasteiger partial charge < -0.3 is 14.5 Å². The number of ketones is 1. The molecule has 138 valence electrons. The van der Waals surface area contributed by atoms with Gasteiger partial charge in [0, 0.05) is 23.7 Å². The van der Waals surface area contributed by atoms with Crippen LogP contribution in [0.4, 0.5) is 0 Å². The fraction of sp³-hybridized carbons (Fsp3) is 0.588. The molecule has 0 saturated carbocycles. The fourth-order valence-electron chi connectivity index (χ4n) is 2.98. The maximum atomic E-state index is 12.8. The lowest BCUT2D eigenvalue weighted by Gasteiger charge is -2.32. The van der Waals surface area contributed by atoms with E-state index in [9.17, 15) is 14.4 Å². The van der Waals surface area contributed by atoms with E-state index in [1.165, 1.54) is 7.11 Å². The normalized spacial score (nSPS) is 18.0. The zero-order valence-electron chi connectivity index (χ0n) is 15.0. The summed E-state index contributed by atoms with van der Waals surface area (Å²) in [5.74, 6) is 0.555. The van der Waals surface area contributed by atoms with Crippen LogP contribution in [0.5, 0.6) is 0 Å². The van der Waals surface area contributed by atoms with E-state index in [2.05, 4.69) is 4.98 Å². The molecule has 0 bridgehead atoms. The summed E-state index contributed by atoms with van der Waals surface area (Å²) in [7, 11) is 1.31. The molecule has 1 aromatic heterocycles. The Hall–Kier alpha value is -1.80. The zero-order valence-corrected chi connectivity index (χ0v) is 15.8. The highest BCUT2D eigenvalue weighted by atomic mass is 32.2. The van der Waals surface area contributed by atoms with E-state index >= 15 is 0 Å². The van der Waals surface area contributed by atoms with Crippen molar-refractivity contribution in [1.29, 1.82) is 0 Å². The third-order valence-corrected chi connectivity index (χ3v) is 5.27. The maximum absolute atomic E-state index is 12.8. The Morgan fingerprint density at radius 1 is 1.32 bits per heavy atom. The second kappa shape index (κ2) is 8.53. The van der Waals surface area contributed by atoms with Crippen LogP contribution in [0.25, 0.3) is 0 Å². The second-order valence-electron chi connectivity index (χ2n) is 5.85. The van der Waals surface area contributed by atoms with Gasteiger partial charge in [-0.3, -0.25) is 14.5 Å². The Morgan fingerprint density at radius 3 is 2.68 bits per heavy atom. The number of methoxy groups -OCH3 is 1. The summed E-state index contributed by atoms with van der Waals surface area (Å²) in [6, 6.07) is -0.418.